The van der Waals surface area contributed by atoms with Crippen molar-refractivity contribution in [1.29, 1.82) is 0 Å². The number of ether oxygens (including phenoxy) is 1. The zero-order chi connectivity index (χ0) is 20.2. The molecule has 29 heavy (non-hydrogen) atoms. The van der Waals surface area contributed by atoms with Gasteiger partial charge in [0.1, 0.15) is 17.4 Å². The van der Waals surface area contributed by atoms with E-state index in [9.17, 15) is 4.39 Å². The molecule has 4 aromatic rings. The van der Waals surface area contributed by atoms with Crippen LogP contribution >= 0.6 is 0 Å². The van der Waals surface area contributed by atoms with Crippen molar-refractivity contribution in [3.8, 4) is 17.1 Å². The number of aromatic nitrogens is 2. The molecule has 4 heteroatoms. The monoisotopic (exact) mass is 388 g/mol. The van der Waals surface area contributed by atoms with Crippen molar-refractivity contribution >= 4 is 11.0 Å². The summed E-state index contributed by atoms with van der Waals surface area (Å²) in [6.45, 7) is 5.65. The van der Waals surface area contributed by atoms with Crippen LogP contribution in [0.5, 0.6) is 5.75 Å². The topological polar surface area (TPSA) is 27.1 Å². The van der Waals surface area contributed by atoms with Crippen molar-refractivity contribution in [3.63, 3.8) is 0 Å². The summed E-state index contributed by atoms with van der Waals surface area (Å²) in [6.07, 6.45) is 0.799. The van der Waals surface area contributed by atoms with Crippen molar-refractivity contribution in [2.24, 2.45) is 0 Å². The minimum absolute atomic E-state index is 0.259. The van der Waals surface area contributed by atoms with Crippen molar-refractivity contribution in [2.75, 3.05) is 6.61 Å². The summed E-state index contributed by atoms with van der Waals surface area (Å²) in [7, 11) is 0. The number of fused-ring (bicyclic) bond motifs is 1. The van der Waals surface area contributed by atoms with Gasteiger partial charge in [0, 0.05) is 6.54 Å². The Kier molecular flexibility index (Phi) is 5.61. The average molecular weight is 388 g/mol. The van der Waals surface area contributed by atoms with Gasteiger partial charge in [-0.25, -0.2) is 9.37 Å². The standard InChI is InChI=1S/C25H25FN2O/c1-18(2)19-12-14-20(15-13-19)29-17-7-16-28-24-11-6-5-10-23(24)27-25(28)21-8-3-4-9-22(21)26/h3-6,8-15,18H,7,16-17H2,1-2H3. The van der Waals surface area contributed by atoms with E-state index in [0.29, 0.717) is 30.5 Å². The van der Waals surface area contributed by atoms with Crippen LogP contribution in [0.1, 0.15) is 31.7 Å². The lowest BCUT2D eigenvalue weighted by Crippen LogP contribution is -2.06. The fraction of sp³-hybridized carbons (Fsp3) is 0.240. The molecular weight excluding hydrogens is 363 g/mol. The average Bonchev–Trinajstić information content (AvgIpc) is 3.10. The molecule has 0 fully saturated rings. The Morgan fingerprint density at radius 1 is 0.931 bits per heavy atom. The number of para-hydroxylation sites is 2. The SMILES string of the molecule is CC(C)c1ccc(OCCCn2c(-c3ccccc3F)nc3ccccc32)cc1. The molecule has 0 aliphatic heterocycles. The molecule has 0 amide bonds. The molecule has 0 saturated carbocycles. The van der Waals surface area contributed by atoms with Crippen LogP contribution in [-0.2, 0) is 6.54 Å². The van der Waals surface area contributed by atoms with E-state index < -0.39 is 0 Å². The molecule has 0 spiro atoms. The van der Waals surface area contributed by atoms with Crippen molar-refractivity contribution in [2.45, 2.75) is 32.7 Å². The number of hydrogen-bond donors (Lipinski definition) is 0. The van der Waals surface area contributed by atoms with E-state index in [0.717, 1.165) is 23.2 Å². The zero-order valence-electron chi connectivity index (χ0n) is 16.8. The minimum atomic E-state index is -0.259. The van der Waals surface area contributed by atoms with Gasteiger partial charge < -0.3 is 9.30 Å². The highest BCUT2D eigenvalue weighted by Gasteiger charge is 2.15. The van der Waals surface area contributed by atoms with Gasteiger partial charge in [0.25, 0.3) is 0 Å². The molecule has 0 bridgehead atoms. The fourth-order valence-corrected chi connectivity index (χ4v) is 3.51. The quantitative estimate of drug-likeness (QED) is 0.341. The summed E-state index contributed by atoms with van der Waals surface area (Å²) >= 11 is 0. The zero-order valence-corrected chi connectivity index (χ0v) is 16.8. The molecule has 4 rings (SSSR count). The first kappa shape index (κ1) is 19.2. The van der Waals surface area contributed by atoms with Crippen LogP contribution in [-0.4, -0.2) is 16.2 Å². The summed E-state index contributed by atoms with van der Waals surface area (Å²) < 4.78 is 22.4. The number of rotatable bonds is 7. The molecule has 0 unspecified atom stereocenters. The molecule has 0 N–H and O–H groups in total. The maximum absolute atomic E-state index is 14.4. The number of imidazole rings is 1. The first-order valence-corrected chi connectivity index (χ1v) is 10.1. The second-order valence-electron chi connectivity index (χ2n) is 7.48. The number of aryl methyl sites for hydroxylation is 1. The van der Waals surface area contributed by atoms with E-state index >= 15 is 0 Å². The molecule has 3 aromatic carbocycles. The molecule has 1 heterocycles. The third-order valence-corrected chi connectivity index (χ3v) is 5.11. The Labute approximate surface area is 170 Å². The Balaban J connectivity index is 1.50. The number of nitrogens with zero attached hydrogens (tertiary/aromatic N) is 2. The smallest absolute Gasteiger partial charge is 0.144 e. The highest BCUT2D eigenvalue weighted by molar-refractivity contribution is 5.80. The van der Waals surface area contributed by atoms with E-state index in [2.05, 4.69) is 35.5 Å². The van der Waals surface area contributed by atoms with Crippen LogP contribution in [0.2, 0.25) is 0 Å². The van der Waals surface area contributed by atoms with Crippen molar-refractivity contribution in [1.82, 2.24) is 9.55 Å². The van der Waals surface area contributed by atoms with Gasteiger partial charge in [-0.15, -0.1) is 0 Å². The molecule has 0 aliphatic carbocycles. The predicted octanol–water partition coefficient (Wildman–Crippen LogP) is 6.43. The lowest BCUT2D eigenvalue weighted by atomic mass is 10.0. The van der Waals surface area contributed by atoms with Gasteiger partial charge in [0.05, 0.1) is 23.2 Å². The normalized spacial score (nSPS) is 11.3. The molecule has 0 atom stereocenters. The first-order chi connectivity index (χ1) is 14.1. The van der Waals surface area contributed by atoms with Crippen molar-refractivity contribution in [3.05, 3.63) is 84.2 Å². The third kappa shape index (κ3) is 4.16. The molecule has 1 aromatic heterocycles. The summed E-state index contributed by atoms with van der Waals surface area (Å²) in [4.78, 5) is 4.69. The Morgan fingerprint density at radius 2 is 1.66 bits per heavy atom. The Bertz CT molecular complexity index is 1100. The van der Waals surface area contributed by atoms with Crippen LogP contribution in [0.4, 0.5) is 4.39 Å². The van der Waals surface area contributed by atoms with Crippen LogP contribution in [0.15, 0.2) is 72.8 Å². The summed E-state index contributed by atoms with van der Waals surface area (Å²) in [6, 6.07) is 23.0. The summed E-state index contributed by atoms with van der Waals surface area (Å²) in [5, 5.41) is 0. The maximum Gasteiger partial charge on any atom is 0.144 e. The molecule has 0 aliphatic rings. The summed E-state index contributed by atoms with van der Waals surface area (Å²) in [5.41, 5.74) is 3.70. The minimum Gasteiger partial charge on any atom is -0.494 e. The van der Waals surface area contributed by atoms with E-state index in [-0.39, 0.29) is 5.82 Å². The maximum atomic E-state index is 14.4. The number of hydrogen-bond acceptors (Lipinski definition) is 2. The first-order valence-electron chi connectivity index (χ1n) is 10.1. The second kappa shape index (κ2) is 8.48. The molecule has 148 valence electrons. The van der Waals surface area contributed by atoms with Crippen molar-refractivity contribution < 1.29 is 9.13 Å². The molecule has 0 radical (unpaired) electrons. The molecule has 3 nitrogen and oxygen atoms in total. The molecular formula is C25H25FN2O. The Morgan fingerprint density at radius 3 is 2.41 bits per heavy atom. The van der Waals surface area contributed by atoms with Crippen LogP contribution in [0.3, 0.4) is 0 Å². The van der Waals surface area contributed by atoms with E-state index in [1.54, 1.807) is 12.1 Å². The van der Waals surface area contributed by atoms with E-state index in [4.69, 9.17) is 4.74 Å². The summed E-state index contributed by atoms with van der Waals surface area (Å²) in [5.74, 6) is 1.78. The van der Waals surface area contributed by atoms with Gasteiger partial charge in [0.15, 0.2) is 0 Å². The fourth-order valence-electron chi connectivity index (χ4n) is 3.51. The Hall–Kier alpha value is -3.14. The lowest BCUT2D eigenvalue weighted by Gasteiger charge is -2.12. The van der Waals surface area contributed by atoms with Gasteiger partial charge in [0.2, 0.25) is 0 Å². The van der Waals surface area contributed by atoms with Gasteiger partial charge >= 0.3 is 0 Å². The molecule has 0 saturated heterocycles. The highest BCUT2D eigenvalue weighted by Crippen LogP contribution is 2.27. The number of halogens is 1. The van der Waals surface area contributed by atoms with Crippen LogP contribution in [0.25, 0.3) is 22.4 Å². The van der Waals surface area contributed by atoms with Crippen LogP contribution < -0.4 is 4.74 Å². The number of benzene rings is 3. The van der Waals surface area contributed by atoms with Gasteiger partial charge in [-0.2, -0.15) is 0 Å². The largest absolute Gasteiger partial charge is 0.494 e. The lowest BCUT2D eigenvalue weighted by molar-refractivity contribution is 0.302. The van der Waals surface area contributed by atoms with Gasteiger partial charge in [-0.1, -0.05) is 50.2 Å². The van der Waals surface area contributed by atoms with E-state index in [1.165, 1.54) is 11.6 Å². The van der Waals surface area contributed by atoms with Gasteiger partial charge in [-0.3, -0.25) is 0 Å². The second-order valence-corrected chi connectivity index (χ2v) is 7.48. The van der Waals surface area contributed by atoms with E-state index in [1.807, 2.05) is 42.5 Å². The highest BCUT2D eigenvalue weighted by atomic mass is 19.1. The predicted molar refractivity (Wildman–Crippen MR) is 116 cm³/mol. The van der Waals surface area contributed by atoms with Gasteiger partial charge in [-0.05, 0) is 54.3 Å². The van der Waals surface area contributed by atoms with Crippen LogP contribution in [0, 0.1) is 5.82 Å². The third-order valence-electron chi connectivity index (χ3n) is 5.11.